The quantitative estimate of drug-likeness (QED) is 0.278. The highest BCUT2D eigenvalue weighted by Crippen LogP contribution is 2.48. The summed E-state index contributed by atoms with van der Waals surface area (Å²) in [7, 11) is -2.88. The van der Waals surface area contributed by atoms with Crippen molar-refractivity contribution in [1.29, 1.82) is 0 Å². The van der Waals surface area contributed by atoms with Gasteiger partial charge in [0.2, 0.25) is 0 Å². The SMILES string of the molecule is CCCCCC(O)/C=C/[C@@H]1C2CC(CCCCP(C)(=O)O)=CC2C[C@H]1O. The Morgan fingerprint density at radius 3 is 2.77 bits per heavy atom. The zero-order valence-corrected chi connectivity index (χ0v) is 17.3. The molecule has 4 unspecified atom stereocenters. The van der Waals surface area contributed by atoms with Crippen LogP contribution in [0.1, 0.15) is 64.7 Å². The predicted molar refractivity (Wildman–Crippen MR) is 108 cm³/mol. The Labute approximate surface area is 158 Å². The van der Waals surface area contributed by atoms with E-state index in [1.54, 1.807) is 0 Å². The lowest BCUT2D eigenvalue weighted by molar-refractivity contribution is 0.139. The molecule has 0 saturated heterocycles. The fraction of sp³-hybridized carbons (Fsp3) is 0.810. The number of rotatable bonds is 11. The lowest BCUT2D eigenvalue weighted by Gasteiger charge is -2.19. The zero-order valence-electron chi connectivity index (χ0n) is 16.4. The molecule has 0 aromatic carbocycles. The van der Waals surface area contributed by atoms with Crippen LogP contribution in [-0.2, 0) is 4.57 Å². The molecule has 2 aliphatic rings. The Kier molecular flexibility index (Phi) is 8.60. The van der Waals surface area contributed by atoms with Crippen LogP contribution in [0.2, 0.25) is 0 Å². The molecular weight excluding hydrogens is 347 g/mol. The smallest absolute Gasteiger partial charge is 0.197 e. The topological polar surface area (TPSA) is 77.8 Å². The molecule has 1 fully saturated rings. The first-order valence-electron chi connectivity index (χ1n) is 10.3. The van der Waals surface area contributed by atoms with Crippen molar-refractivity contribution in [2.24, 2.45) is 17.8 Å². The lowest BCUT2D eigenvalue weighted by Crippen LogP contribution is -2.18. The second-order valence-corrected chi connectivity index (χ2v) is 11.0. The normalized spacial score (nSPS) is 31.8. The minimum Gasteiger partial charge on any atom is -0.392 e. The van der Waals surface area contributed by atoms with E-state index in [1.165, 1.54) is 12.2 Å². The predicted octanol–water partition coefficient (Wildman–Crippen LogP) is 4.50. The maximum Gasteiger partial charge on any atom is 0.197 e. The lowest BCUT2D eigenvalue weighted by atomic mass is 9.88. The van der Waals surface area contributed by atoms with Gasteiger partial charge in [-0.3, -0.25) is 4.57 Å². The fourth-order valence-corrected chi connectivity index (χ4v) is 5.31. The molecule has 0 aromatic heterocycles. The van der Waals surface area contributed by atoms with Gasteiger partial charge in [0.25, 0.3) is 0 Å². The van der Waals surface area contributed by atoms with E-state index in [0.29, 0.717) is 18.0 Å². The van der Waals surface area contributed by atoms with Gasteiger partial charge >= 0.3 is 0 Å². The first-order valence-corrected chi connectivity index (χ1v) is 12.6. The van der Waals surface area contributed by atoms with Crippen LogP contribution in [0.5, 0.6) is 0 Å². The van der Waals surface area contributed by atoms with Crippen molar-refractivity contribution >= 4 is 7.37 Å². The van der Waals surface area contributed by atoms with Gasteiger partial charge in [-0.05, 0) is 50.4 Å². The maximum absolute atomic E-state index is 11.3. The maximum atomic E-state index is 11.3. The van der Waals surface area contributed by atoms with Gasteiger partial charge in [-0.2, -0.15) is 0 Å². The van der Waals surface area contributed by atoms with Crippen LogP contribution in [0.3, 0.4) is 0 Å². The van der Waals surface area contributed by atoms with E-state index >= 15 is 0 Å². The van der Waals surface area contributed by atoms with Gasteiger partial charge in [0, 0.05) is 18.7 Å². The van der Waals surface area contributed by atoms with E-state index in [0.717, 1.165) is 57.8 Å². The fourth-order valence-electron chi connectivity index (χ4n) is 4.50. The highest BCUT2D eigenvalue weighted by atomic mass is 31.2. The van der Waals surface area contributed by atoms with Gasteiger partial charge in [-0.25, -0.2) is 0 Å². The molecule has 4 nitrogen and oxygen atoms in total. The van der Waals surface area contributed by atoms with E-state index in [-0.39, 0.29) is 12.0 Å². The average Bonchev–Trinajstić information content (AvgIpc) is 3.06. The van der Waals surface area contributed by atoms with Crippen molar-refractivity contribution in [1.82, 2.24) is 0 Å². The molecule has 2 aliphatic carbocycles. The molecule has 3 N–H and O–H groups in total. The van der Waals surface area contributed by atoms with Crippen LogP contribution in [0.15, 0.2) is 23.8 Å². The minimum absolute atomic E-state index is 0.142. The summed E-state index contributed by atoms with van der Waals surface area (Å²) in [6.07, 6.45) is 14.7. The monoisotopic (exact) mass is 384 g/mol. The highest BCUT2D eigenvalue weighted by Gasteiger charge is 2.43. The van der Waals surface area contributed by atoms with E-state index < -0.39 is 13.5 Å². The summed E-state index contributed by atoms with van der Waals surface area (Å²) in [5, 5.41) is 20.5. The van der Waals surface area contributed by atoms with Crippen LogP contribution < -0.4 is 0 Å². The summed E-state index contributed by atoms with van der Waals surface area (Å²) in [5.74, 6) is 1.04. The van der Waals surface area contributed by atoms with Gasteiger partial charge in [-0.15, -0.1) is 0 Å². The molecule has 0 amide bonds. The summed E-state index contributed by atoms with van der Waals surface area (Å²) in [6.45, 7) is 3.59. The van der Waals surface area contributed by atoms with Crippen molar-refractivity contribution in [2.45, 2.75) is 76.9 Å². The third kappa shape index (κ3) is 6.96. The zero-order chi connectivity index (χ0) is 19.2. The Hall–Kier alpha value is -0.410. The molecule has 5 heteroatoms. The summed E-state index contributed by atoms with van der Waals surface area (Å²) in [6, 6.07) is 0. The third-order valence-electron chi connectivity index (χ3n) is 5.93. The molecule has 0 bridgehead atoms. The standard InChI is InChI=1S/C21H37O4P/c1-3-4-5-9-18(22)10-11-19-20-14-16(13-17(20)15-21(19)23)8-6-7-12-26(2,24)25/h10-11,13,17-23H,3-9,12,14-15H2,1-2H3,(H,24,25)/b11-10+/t17?,18?,19-,20?,21-/m1/s1. The van der Waals surface area contributed by atoms with E-state index in [4.69, 9.17) is 0 Å². The Morgan fingerprint density at radius 1 is 1.31 bits per heavy atom. The van der Waals surface area contributed by atoms with Crippen molar-refractivity contribution < 1.29 is 19.7 Å². The van der Waals surface area contributed by atoms with Crippen molar-refractivity contribution in [2.75, 3.05) is 12.8 Å². The Balaban J connectivity index is 1.78. The van der Waals surface area contributed by atoms with Crippen molar-refractivity contribution in [3.8, 4) is 0 Å². The van der Waals surface area contributed by atoms with Crippen LogP contribution in [0.25, 0.3) is 0 Å². The van der Waals surface area contributed by atoms with Crippen LogP contribution in [0.4, 0.5) is 0 Å². The molecule has 2 rings (SSSR count). The first kappa shape index (κ1) is 21.9. The van der Waals surface area contributed by atoms with E-state index in [2.05, 4.69) is 19.1 Å². The number of hydrogen-bond donors (Lipinski definition) is 3. The summed E-state index contributed by atoms with van der Waals surface area (Å²) in [5.41, 5.74) is 1.44. The van der Waals surface area contributed by atoms with Crippen LogP contribution in [0, 0.1) is 17.8 Å². The molecular formula is C21H37O4P. The van der Waals surface area contributed by atoms with E-state index in [9.17, 15) is 19.7 Å². The highest BCUT2D eigenvalue weighted by molar-refractivity contribution is 7.57. The number of fused-ring (bicyclic) bond motifs is 1. The van der Waals surface area contributed by atoms with Crippen LogP contribution >= 0.6 is 7.37 Å². The molecule has 0 aliphatic heterocycles. The Morgan fingerprint density at radius 2 is 2.08 bits per heavy atom. The first-order chi connectivity index (χ1) is 12.3. The summed E-state index contributed by atoms with van der Waals surface area (Å²) in [4.78, 5) is 9.36. The van der Waals surface area contributed by atoms with E-state index in [1.807, 2.05) is 6.08 Å². The van der Waals surface area contributed by atoms with Gasteiger partial charge in [0.1, 0.15) is 0 Å². The number of aliphatic hydroxyl groups is 2. The number of hydrogen-bond acceptors (Lipinski definition) is 3. The minimum atomic E-state index is -2.88. The van der Waals surface area contributed by atoms with Crippen molar-refractivity contribution in [3.63, 3.8) is 0 Å². The molecule has 0 radical (unpaired) electrons. The third-order valence-corrected chi connectivity index (χ3v) is 7.08. The second-order valence-electron chi connectivity index (χ2n) is 8.42. The van der Waals surface area contributed by atoms with Crippen LogP contribution in [-0.4, -0.2) is 40.1 Å². The van der Waals surface area contributed by atoms with Crippen molar-refractivity contribution in [3.05, 3.63) is 23.8 Å². The van der Waals surface area contributed by atoms with Gasteiger partial charge < -0.3 is 15.1 Å². The van der Waals surface area contributed by atoms with Gasteiger partial charge in [0.15, 0.2) is 7.37 Å². The van der Waals surface area contributed by atoms with Gasteiger partial charge in [0.05, 0.1) is 12.2 Å². The molecule has 26 heavy (non-hydrogen) atoms. The summed E-state index contributed by atoms with van der Waals surface area (Å²) < 4.78 is 11.3. The second kappa shape index (κ2) is 10.2. The number of aliphatic hydroxyl groups excluding tert-OH is 2. The molecule has 150 valence electrons. The Bertz CT molecular complexity index is 536. The molecule has 1 saturated carbocycles. The van der Waals surface area contributed by atoms with Gasteiger partial charge in [-0.1, -0.05) is 50.0 Å². The molecule has 0 spiro atoms. The number of allylic oxidation sites excluding steroid dienone is 2. The number of unbranched alkanes of at least 4 members (excludes halogenated alkanes) is 3. The molecule has 0 aromatic rings. The largest absolute Gasteiger partial charge is 0.392 e. The molecule has 0 heterocycles. The summed E-state index contributed by atoms with van der Waals surface area (Å²) >= 11 is 0. The average molecular weight is 384 g/mol. The molecule has 6 atom stereocenters.